The fraction of sp³-hybridized carbons (Fsp3) is 0.191. The Morgan fingerprint density at radius 1 is 0.714 bits per heavy atom. The zero-order valence-electron chi connectivity index (χ0n) is 35.1. The second kappa shape index (κ2) is 16.6. The van der Waals surface area contributed by atoms with Gasteiger partial charge in [-0.15, -0.1) is 11.3 Å². The lowest BCUT2D eigenvalue weighted by Crippen LogP contribution is -2.09. The van der Waals surface area contributed by atoms with Crippen LogP contribution < -0.4 is 16.3 Å². The van der Waals surface area contributed by atoms with E-state index >= 15 is 0 Å². The van der Waals surface area contributed by atoms with E-state index in [1.54, 1.807) is 23.7 Å². The second-order valence-corrected chi connectivity index (χ2v) is 16.8. The molecule has 0 aliphatic rings. The predicted molar refractivity (Wildman–Crippen MR) is 252 cm³/mol. The van der Waals surface area contributed by atoms with Crippen molar-refractivity contribution in [2.75, 3.05) is 17.2 Å². The Morgan fingerprint density at radius 3 is 2.17 bits per heavy atom. The molecule has 16 heteroatoms. The van der Waals surface area contributed by atoms with Gasteiger partial charge in [-0.05, 0) is 81.6 Å². The molecule has 15 nitrogen and oxygen atoms in total. The second-order valence-electron chi connectivity index (χ2n) is 15.9. The first-order chi connectivity index (χ1) is 30.8. The summed E-state index contributed by atoms with van der Waals surface area (Å²) in [7, 11) is 0. The first-order valence-corrected chi connectivity index (χ1v) is 21.7. The summed E-state index contributed by atoms with van der Waals surface area (Å²) in [4.78, 5) is 53.3. The van der Waals surface area contributed by atoms with Crippen molar-refractivity contribution in [3.63, 3.8) is 0 Å². The lowest BCUT2D eigenvalue weighted by Gasteiger charge is -2.11. The van der Waals surface area contributed by atoms with Gasteiger partial charge < -0.3 is 34.7 Å². The van der Waals surface area contributed by atoms with Crippen molar-refractivity contribution in [3.05, 3.63) is 137 Å². The van der Waals surface area contributed by atoms with Gasteiger partial charge in [0.1, 0.15) is 11.0 Å². The first kappa shape index (κ1) is 39.4. The highest BCUT2D eigenvalue weighted by atomic mass is 32.1. The van der Waals surface area contributed by atoms with Gasteiger partial charge in [0.2, 0.25) is 0 Å². The standard InChI is InChI=1S/C24H21N7OS.C23H23N7/c1-13(2)31-12-26-20-22(25-10-14-7-8-17-18(9-14)28-24(32)27-17)29-21(30-23(20)31)16-11-33-19-6-4-3-5-15(16)19;1-15(2)30-14-27-20-22(28-21(29-23(20)30)17-6-5-10-24-12-17)25-11-9-16-13-26-19-8-4-3-7-18(16)19/h3-9,11-13H,10H2,1-2H3,(H,25,29,30)(H2,27,28,32);3-8,10,12-15,26H,9,11H2,1-2H3,(H,25,28,29). The van der Waals surface area contributed by atoms with Gasteiger partial charge in [-0.25, -0.2) is 34.7 Å². The number of nitrogens with zero attached hydrogens (tertiary/aromatic N) is 9. The smallest absolute Gasteiger partial charge is 0.323 e. The molecule has 8 heterocycles. The van der Waals surface area contributed by atoms with E-state index in [-0.39, 0.29) is 17.8 Å². The number of thiophene rings is 1. The van der Waals surface area contributed by atoms with Crippen LogP contribution in [0.25, 0.3) is 77.1 Å². The highest BCUT2D eigenvalue weighted by Crippen LogP contribution is 2.34. The van der Waals surface area contributed by atoms with Crippen molar-refractivity contribution in [1.29, 1.82) is 0 Å². The zero-order valence-corrected chi connectivity index (χ0v) is 35.9. The topological polar surface area (TPSA) is 189 Å². The molecular weight excluding hydrogens is 809 g/mol. The van der Waals surface area contributed by atoms with Crippen molar-refractivity contribution >= 4 is 77.3 Å². The first-order valence-electron chi connectivity index (χ1n) is 20.9. The van der Waals surface area contributed by atoms with Crippen LogP contribution in [-0.2, 0) is 13.0 Å². The Labute approximate surface area is 364 Å². The fourth-order valence-corrected chi connectivity index (χ4v) is 8.70. The average molecular weight is 853 g/mol. The largest absolute Gasteiger partial charge is 0.368 e. The molecule has 0 bridgehead atoms. The van der Waals surface area contributed by atoms with Gasteiger partial charge >= 0.3 is 5.69 Å². The minimum absolute atomic E-state index is 0.209. The number of imidazole rings is 3. The van der Waals surface area contributed by atoms with Crippen molar-refractivity contribution < 1.29 is 0 Å². The Balaban J connectivity index is 0.000000150. The number of nitrogens with one attached hydrogen (secondary N) is 5. The van der Waals surface area contributed by atoms with Gasteiger partial charge in [-0.1, -0.05) is 42.5 Å². The summed E-state index contributed by atoms with van der Waals surface area (Å²) in [5.41, 5.74) is 9.88. The predicted octanol–water partition coefficient (Wildman–Crippen LogP) is 9.68. The van der Waals surface area contributed by atoms with E-state index in [0.29, 0.717) is 24.0 Å². The molecule has 0 aliphatic carbocycles. The van der Waals surface area contributed by atoms with Crippen molar-refractivity contribution in [3.8, 4) is 22.8 Å². The number of benzene rings is 3. The summed E-state index contributed by atoms with van der Waals surface area (Å²) < 4.78 is 5.34. The molecule has 3 aromatic carbocycles. The van der Waals surface area contributed by atoms with E-state index in [2.05, 4.69) is 119 Å². The molecule has 0 fully saturated rings. The van der Waals surface area contributed by atoms with E-state index in [0.717, 1.165) is 79.7 Å². The van der Waals surface area contributed by atoms with E-state index in [4.69, 9.17) is 19.9 Å². The molecule has 0 unspecified atom stereocenters. The van der Waals surface area contributed by atoms with Crippen LogP contribution in [-0.4, -0.2) is 65.5 Å². The minimum atomic E-state index is -0.209. The Kier molecular flexibility index (Phi) is 10.4. The molecule has 0 spiro atoms. The number of rotatable bonds is 11. The van der Waals surface area contributed by atoms with Crippen molar-refractivity contribution in [2.24, 2.45) is 0 Å². The van der Waals surface area contributed by atoms with Gasteiger partial charge in [0.15, 0.2) is 34.6 Å². The molecule has 0 saturated carbocycles. The summed E-state index contributed by atoms with van der Waals surface area (Å²) in [6.07, 6.45) is 10.1. The zero-order chi connectivity index (χ0) is 43.0. The van der Waals surface area contributed by atoms with E-state index in [1.807, 2.05) is 61.2 Å². The highest BCUT2D eigenvalue weighted by molar-refractivity contribution is 7.17. The maximum Gasteiger partial charge on any atom is 0.323 e. The minimum Gasteiger partial charge on any atom is -0.368 e. The van der Waals surface area contributed by atoms with Crippen LogP contribution >= 0.6 is 11.3 Å². The lowest BCUT2D eigenvalue weighted by molar-refractivity contribution is 0.612. The molecule has 0 atom stereocenters. The molecule has 11 aromatic rings. The van der Waals surface area contributed by atoms with Crippen LogP contribution in [0.1, 0.15) is 50.9 Å². The van der Waals surface area contributed by atoms with Crippen molar-refractivity contribution in [1.82, 2.24) is 59.0 Å². The maximum absolute atomic E-state index is 11.6. The summed E-state index contributed by atoms with van der Waals surface area (Å²) >= 11 is 1.69. The molecule has 0 amide bonds. The van der Waals surface area contributed by atoms with Crippen LogP contribution in [0.2, 0.25) is 0 Å². The number of aromatic amines is 3. The Morgan fingerprint density at radius 2 is 1.41 bits per heavy atom. The monoisotopic (exact) mass is 852 g/mol. The van der Waals surface area contributed by atoms with Crippen LogP contribution in [0.5, 0.6) is 0 Å². The molecule has 11 rings (SSSR count). The molecule has 8 aromatic heterocycles. The number of H-pyrrole nitrogens is 3. The number of para-hydroxylation sites is 1. The van der Waals surface area contributed by atoms with Crippen molar-refractivity contribution in [2.45, 2.75) is 52.7 Å². The SMILES string of the molecule is CC(C)n1cnc2c(NCCc3c[nH]c4ccccc34)nc(-c3cccnc3)nc21.CC(C)n1cnc2c(NCc3ccc4[nH]c(=O)[nH]c4c3)nc(-c3csc4ccccc34)nc21. The van der Waals surface area contributed by atoms with Crippen LogP contribution in [0.3, 0.4) is 0 Å². The molecule has 0 aliphatic heterocycles. The Bertz CT molecular complexity index is 3450. The summed E-state index contributed by atoms with van der Waals surface area (Å²) in [5.74, 6) is 2.76. The maximum atomic E-state index is 11.6. The number of aromatic nitrogens is 12. The quantitative estimate of drug-likeness (QED) is 0.0838. The molecule has 63 heavy (non-hydrogen) atoms. The molecule has 0 saturated heterocycles. The van der Waals surface area contributed by atoms with Crippen LogP contribution in [0, 0.1) is 0 Å². The lowest BCUT2D eigenvalue weighted by atomic mass is 10.1. The highest BCUT2D eigenvalue weighted by Gasteiger charge is 2.19. The number of pyridine rings is 1. The number of anilines is 2. The van der Waals surface area contributed by atoms with E-state index in [1.165, 1.54) is 15.6 Å². The summed E-state index contributed by atoms with van der Waals surface area (Å²) in [6, 6.07) is 26.8. The number of fused-ring (bicyclic) bond motifs is 5. The van der Waals surface area contributed by atoms with Crippen LogP contribution in [0.4, 0.5) is 11.6 Å². The molecule has 5 N–H and O–H groups in total. The van der Waals surface area contributed by atoms with Crippen LogP contribution in [0.15, 0.2) is 120 Å². The number of hydrogen-bond acceptors (Lipinski definition) is 11. The average Bonchev–Trinajstić information content (AvgIpc) is 4.15. The molecular formula is C47H44N14OS. The third kappa shape index (κ3) is 7.76. The third-order valence-electron chi connectivity index (χ3n) is 11.0. The molecule has 0 radical (unpaired) electrons. The summed E-state index contributed by atoms with van der Waals surface area (Å²) in [6.45, 7) is 9.75. The van der Waals surface area contributed by atoms with E-state index < -0.39 is 0 Å². The normalized spacial score (nSPS) is 11.7. The van der Waals surface area contributed by atoms with Gasteiger partial charge in [0.05, 0.1) is 23.7 Å². The number of hydrogen-bond donors (Lipinski definition) is 5. The Hall–Kier alpha value is -7.72. The van der Waals surface area contributed by atoms with Gasteiger partial charge in [-0.3, -0.25) is 4.98 Å². The summed E-state index contributed by atoms with van der Waals surface area (Å²) in [5, 5.41) is 11.5. The fourth-order valence-electron chi connectivity index (χ4n) is 7.76. The van der Waals surface area contributed by atoms with E-state index in [9.17, 15) is 4.79 Å². The van der Waals surface area contributed by atoms with Gasteiger partial charge in [0.25, 0.3) is 0 Å². The van der Waals surface area contributed by atoms with Gasteiger partial charge in [0, 0.05) is 81.3 Å². The molecule has 314 valence electrons. The third-order valence-corrected chi connectivity index (χ3v) is 12.0. The van der Waals surface area contributed by atoms with Gasteiger partial charge in [-0.2, -0.15) is 0 Å².